The van der Waals surface area contributed by atoms with Gasteiger partial charge in [-0.15, -0.1) is 0 Å². The van der Waals surface area contributed by atoms with Crippen molar-refractivity contribution in [3.05, 3.63) is 0 Å². The molecule has 0 bridgehead atoms. The van der Waals surface area contributed by atoms with Crippen molar-refractivity contribution in [2.24, 2.45) is 0 Å². The zero-order valence-electron chi connectivity index (χ0n) is 18.9. The lowest BCUT2D eigenvalue weighted by Gasteiger charge is -2.34. The van der Waals surface area contributed by atoms with Crippen LogP contribution in [0.2, 0.25) is 0 Å². The van der Waals surface area contributed by atoms with E-state index in [1.807, 2.05) is 0 Å². The van der Waals surface area contributed by atoms with Crippen molar-refractivity contribution in [1.82, 2.24) is 10.6 Å². The first kappa shape index (κ1) is 27.8. The summed E-state index contributed by atoms with van der Waals surface area (Å²) < 4.78 is 0.0492. The van der Waals surface area contributed by atoms with E-state index in [-0.39, 0.29) is 29.8 Å². The van der Waals surface area contributed by atoms with Crippen molar-refractivity contribution < 1.29 is 24.3 Å². The van der Waals surface area contributed by atoms with Gasteiger partial charge in [0, 0.05) is 12.8 Å². The number of rotatable bonds is 20. The number of quaternary nitrogens is 1. The van der Waals surface area contributed by atoms with Crippen LogP contribution in [0.4, 0.5) is 0 Å². The fraction of sp³-hybridized carbons (Fsp3) is 0.909. The third-order valence-electron chi connectivity index (χ3n) is 5.43. The van der Waals surface area contributed by atoms with Gasteiger partial charge in [-0.1, -0.05) is 65.2 Å². The molecule has 0 saturated heterocycles. The Hall–Kier alpha value is -1.18. The molecule has 0 aromatic heterocycles. The highest BCUT2D eigenvalue weighted by Crippen LogP contribution is 2.06. The molecule has 0 heterocycles. The minimum atomic E-state index is -0.226. The topological polar surface area (TPSA) is 98.7 Å². The quantitative estimate of drug-likeness (QED) is 0.139. The Morgan fingerprint density at radius 3 is 1.38 bits per heavy atom. The van der Waals surface area contributed by atoms with E-state index in [9.17, 15) is 19.8 Å². The molecule has 0 fully saturated rings. The van der Waals surface area contributed by atoms with Crippen molar-refractivity contribution in [1.29, 1.82) is 0 Å². The Balaban J connectivity index is 4.01. The minimum absolute atomic E-state index is 0.0202. The second-order valence-electron chi connectivity index (χ2n) is 8.10. The molecule has 0 aliphatic carbocycles. The number of hydrogen-bond donors (Lipinski definition) is 4. The zero-order valence-corrected chi connectivity index (χ0v) is 18.9. The van der Waals surface area contributed by atoms with Crippen LogP contribution >= 0.6 is 0 Å². The van der Waals surface area contributed by atoms with Gasteiger partial charge < -0.3 is 20.8 Å². The number of carbonyl (C=O) groups excluding carboxylic acids is 2. The molecule has 0 aromatic carbocycles. The molecule has 0 atom stereocenters. The summed E-state index contributed by atoms with van der Waals surface area (Å²) in [5, 5.41) is 25.2. The maximum absolute atomic E-state index is 11.9. The SMILES string of the molecule is CCCCCCCC(=O)NCC[N+](CO)(CO)CCNC(=O)CCCCCCC. The van der Waals surface area contributed by atoms with Gasteiger partial charge in [-0.2, -0.15) is 0 Å². The van der Waals surface area contributed by atoms with Crippen LogP contribution in [-0.2, 0) is 9.59 Å². The molecule has 2 amide bonds. The summed E-state index contributed by atoms with van der Waals surface area (Å²) in [6.07, 6.45) is 12.1. The molecule has 0 saturated carbocycles. The van der Waals surface area contributed by atoms with E-state index in [4.69, 9.17) is 0 Å². The Morgan fingerprint density at radius 1 is 0.655 bits per heavy atom. The Kier molecular flexibility index (Phi) is 18.1. The molecule has 29 heavy (non-hydrogen) atoms. The normalized spacial score (nSPS) is 11.4. The Labute approximate surface area is 177 Å². The lowest BCUT2D eigenvalue weighted by molar-refractivity contribution is -0.959. The van der Waals surface area contributed by atoms with Gasteiger partial charge in [0.25, 0.3) is 0 Å². The molecule has 0 rings (SSSR count). The number of unbranched alkanes of at least 4 members (excludes halogenated alkanes) is 8. The van der Waals surface area contributed by atoms with E-state index >= 15 is 0 Å². The third kappa shape index (κ3) is 15.3. The van der Waals surface area contributed by atoms with Gasteiger partial charge in [0.1, 0.15) is 0 Å². The predicted octanol–water partition coefficient (Wildman–Crippen LogP) is 2.66. The minimum Gasteiger partial charge on any atom is -0.350 e. The number of aliphatic hydroxyl groups is 2. The maximum Gasteiger partial charge on any atom is 0.220 e. The van der Waals surface area contributed by atoms with Gasteiger partial charge in [0.15, 0.2) is 13.5 Å². The van der Waals surface area contributed by atoms with Crippen molar-refractivity contribution in [2.75, 3.05) is 39.6 Å². The number of carbonyl (C=O) groups is 2. The monoisotopic (exact) mass is 416 g/mol. The summed E-state index contributed by atoms with van der Waals surface area (Å²) in [6, 6.07) is 0. The lowest BCUT2D eigenvalue weighted by Crippen LogP contribution is -2.56. The second kappa shape index (κ2) is 18.8. The zero-order chi connectivity index (χ0) is 21.8. The van der Waals surface area contributed by atoms with Gasteiger partial charge >= 0.3 is 0 Å². The first-order chi connectivity index (χ1) is 14.0. The van der Waals surface area contributed by atoms with Crippen LogP contribution in [0, 0.1) is 0 Å². The van der Waals surface area contributed by atoms with Crippen LogP contribution < -0.4 is 10.6 Å². The number of aliphatic hydroxyl groups excluding tert-OH is 2. The van der Waals surface area contributed by atoms with E-state index in [1.54, 1.807) is 0 Å². The standard InChI is InChI=1S/C22H45N3O4/c1-3-5-7-9-11-13-21(28)23-15-17-25(19-26,20-27)18-16-24-22(29)14-12-10-8-6-4-2/h26-27H,3-20H2,1-2H3,(H-,23,24,28,29)/p+1. The average molecular weight is 417 g/mol. The summed E-state index contributed by atoms with van der Waals surface area (Å²) in [4.78, 5) is 23.8. The fourth-order valence-electron chi connectivity index (χ4n) is 3.26. The molecular formula is C22H46N3O4+. The molecule has 4 N–H and O–H groups in total. The van der Waals surface area contributed by atoms with Gasteiger partial charge in [-0.25, -0.2) is 0 Å². The number of amides is 2. The van der Waals surface area contributed by atoms with Gasteiger partial charge in [-0.3, -0.25) is 14.1 Å². The van der Waals surface area contributed by atoms with Crippen LogP contribution in [0.3, 0.4) is 0 Å². The highest BCUT2D eigenvalue weighted by atomic mass is 16.3. The first-order valence-corrected chi connectivity index (χ1v) is 11.6. The van der Waals surface area contributed by atoms with Crippen molar-refractivity contribution in [3.8, 4) is 0 Å². The largest absolute Gasteiger partial charge is 0.350 e. The van der Waals surface area contributed by atoms with Gasteiger partial charge in [-0.05, 0) is 12.8 Å². The predicted molar refractivity (Wildman–Crippen MR) is 117 cm³/mol. The van der Waals surface area contributed by atoms with E-state index in [0.29, 0.717) is 39.0 Å². The molecule has 0 aliphatic rings. The van der Waals surface area contributed by atoms with E-state index in [2.05, 4.69) is 24.5 Å². The van der Waals surface area contributed by atoms with Crippen LogP contribution in [0.25, 0.3) is 0 Å². The van der Waals surface area contributed by atoms with Crippen LogP contribution in [-0.4, -0.2) is 66.2 Å². The number of hydrogen-bond acceptors (Lipinski definition) is 4. The average Bonchev–Trinajstić information content (AvgIpc) is 2.72. The molecule has 172 valence electrons. The lowest BCUT2D eigenvalue weighted by atomic mass is 10.1. The maximum atomic E-state index is 11.9. The highest BCUT2D eigenvalue weighted by molar-refractivity contribution is 5.76. The van der Waals surface area contributed by atoms with Crippen LogP contribution in [0.15, 0.2) is 0 Å². The molecule has 7 heteroatoms. The Bertz CT molecular complexity index is 381. The highest BCUT2D eigenvalue weighted by Gasteiger charge is 2.25. The second-order valence-corrected chi connectivity index (χ2v) is 8.10. The summed E-state index contributed by atoms with van der Waals surface area (Å²) >= 11 is 0. The summed E-state index contributed by atoms with van der Waals surface area (Å²) in [6.45, 7) is 5.55. The summed E-state index contributed by atoms with van der Waals surface area (Å²) in [5.41, 5.74) is 0. The van der Waals surface area contributed by atoms with E-state index in [0.717, 1.165) is 25.7 Å². The van der Waals surface area contributed by atoms with Crippen molar-refractivity contribution in [2.45, 2.75) is 90.9 Å². The van der Waals surface area contributed by atoms with Gasteiger partial charge in [0.05, 0.1) is 26.2 Å². The Morgan fingerprint density at radius 2 is 1.03 bits per heavy atom. The summed E-state index contributed by atoms with van der Waals surface area (Å²) in [5.74, 6) is 0.0405. The van der Waals surface area contributed by atoms with E-state index in [1.165, 1.54) is 38.5 Å². The molecule has 7 nitrogen and oxygen atoms in total. The molecule has 0 spiro atoms. The van der Waals surface area contributed by atoms with Crippen LogP contribution in [0.5, 0.6) is 0 Å². The smallest absolute Gasteiger partial charge is 0.220 e. The fourth-order valence-corrected chi connectivity index (χ4v) is 3.26. The van der Waals surface area contributed by atoms with Crippen LogP contribution in [0.1, 0.15) is 90.9 Å². The molecule has 0 radical (unpaired) electrons. The van der Waals surface area contributed by atoms with E-state index < -0.39 is 0 Å². The summed E-state index contributed by atoms with van der Waals surface area (Å²) in [7, 11) is 0. The van der Waals surface area contributed by atoms with Crippen molar-refractivity contribution >= 4 is 11.8 Å². The van der Waals surface area contributed by atoms with Crippen molar-refractivity contribution in [3.63, 3.8) is 0 Å². The molecule has 0 unspecified atom stereocenters. The number of nitrogens with zero attached hydrogens (tertiary/aromatic N) is 1. The number of nitrogens with one attached hydrogen (secondary N) is 2. The molecular weight excluding hydrogens is 370 g/mol. The van der Waals surface area contributed by atoms with Gasteiger partial charge in [0.2, 0.25) is 11.8 Å². The first-order valence-electron chi connectivity index (χ1n) is 11.6. The third-order valence-corrected chi connectivity index (χ3v) is 5.43. The molecule has 0 aliphatic heterocycles. The molecule has 0 aromatic rings.